The molecule has 0 spiro atoms. The maximum atomic E-state index is 13.0. The van der Waals surface area contributed by atoms with Crippen LogP contribution in [-0.2, 0) is 14.3 Å². The Morgan fingerprint density at radius 2 is 1.81 bits per heavy atom. The van der Waals surface area contributed by atoms with Gasteiger partial charge in [-0.3, -0.25) is 14.4 Å². The summed E-state index contributed by atoms with van der Waals surface area (Å²) >= 11 is 5.60. The van der Waals surface area contributed by atoms with Gasteiger partial charge in [-0.15, -0.1) is 0 Å². The van der Waals surface area contributed by atoms with Gasteiger partial charge in [0.2, 0.25) is 0 Å². The highest BCUT2D eigenvalue weighted by atomic mass is 35.5. The van der Waals surface area contributed by atoms with Crippen molar-refractivity contribution >= 4 is 35.1 Å². The molecule has 0 aliphatic heterocycles. The quantitative estimate of drug-likeness (QED) is 0.703. The minimum Gasteiger partial charge on any atom is -0.497 e. The molecule has 0 aliphatic carbocycles. The predicted molar refractivity (Wildman–Crippen MR) is 96.3 cm³/mol. The summed E-state index contributed by atoms with van der Waals surface area (Å²) in [7, 11) is 1.51. The van der Waals surface area contributed by atoms with Gasteiger partial charge in [0, 0.05) is 11.3 Å². The fourth-order valence-corrected chi connectivity index (χ4v) is 2.15. The van der Waals surface area contributed by atoms with Crippen LogP contribution in [0.15, 0.2) is 42.5 Å². The number of benzene rings is 2. The summed E-state index contributed by atoms with van der Waals surface area (Å²) in [4.78, 5) is 35.2. The lowest BCUT2D eigenvalue weighted by atomic mass is 10.2. The largest absolute Gasteiger partial charge is 0.497 e. The van der Waals surface area contributed by atoms with Crippen LogP contribution >= 0.6 is 11.6 Å². The van der Waals surface area contributed by atoms with Crippen molar-refractivity contribution in [2.75, 3.05) is 25.6 Å². The smallest absolute Gasteiger partial charge is 0.325 e. The molecule has 0 heterocycles. The summed E-state index contributed by atoms with van der Waals surface area (Å²) in [5.74, 6) is -1.91. The first kappa shape index (κ1) is 20.2. The Morgan fingerprint density at radius 3 is 2.44 bits per heavy atom. The van der Waals surface area contributed by atoms with Gasteiger partial charge in [0.15, 0.2) is 6.61 Å². The number of methoxy groups -OCH3 is 1. The van der Waals surface area contributed by atoms with E-state index in [2.05, 4.69) is 10.6 Å². The third kappa shape index (κ3) is 6.27. The van der Waals surface area contributed by atoms with Gasteiger partial charge in [-0.1, -0.05) is 11.6 Å². The second-order valence-corrected chi connectivity index (χ2v) is 5.66. The molecule has 2 N–H and O–H groups in total. The number of hydrogen-bond donors (Lipinski definition) is 2. The lowest BCUT2D eigenvalue weighted by molar-refractivity contribution is -0.146. The summed E-state index contributed by atoms with van der Waals surface area (Å²) < 4.78 is 22.8. The zero-order valence-electron chi connectivity index (χ0n) is 14.3. The second kappa shape index (κ2) is 9.54. The zero-order chi connectivity index (χ0) is 19.8. The molecule has 2 rings (SSSR count). The number of ether oxygens (including phenoxy) is 2. The molecule has 0 saturated heterocycles. The Balaban J connectivity index is 1.74. The molecule has 0 unspecified atom stereocenters. The Labute approximate surface area is 159 Å². The third-order valence-electron chi connectivity index (χ3n) is 3.31. The summed E-state index contributed by atoms with van der Waals surface area (Å²) in [6, 6.07) is 9.94. The van der Waals surface area contributed by atoms with Crippen molar-refractivity contribution in [3.05, 3.63) is 58.9 Å². The van der Waals surface area contributed by atoms with E-state index in [4.69, 9.17) is 21.1 Å². The van der Waals surface area contributed by atoms with Crippen LogP contribution in [-0.4, -0.2) is 38.0 Å². The van der Waals surface area contributed by atoms with Crippen LogP contribution in [0.5, 0.6) is 5.75 Å². The first-order valence-corrected chi connectivity index (χ1v) is 8.09. The van der Waals surface area contributed by atoms with Gasteiger partial charge in [-0.25, -0.2) is 4.39 Å². The monoisotopic (exact) mass is 394 g/mol. The van der Waals surface area contributed by atoms with Gasteiger partial charge < -0.3 is 20.1 Å². The number of halogens is 2. The maximum absolute atomic E-state index is 13.0. The highest BCUT2D eigenvalue weighted by molar-refractivity contribution is 6.31. The van der Waals surface area contributed by atoms with Crippen LogP contribution in [0.2, 0.25) is 5.02 Å². The molecule has 0 bridgehead atoms. The molecule has 0 atom stereocenters. The van der Waals surface area contributed by atoms with Crippen molar-refractivity contribution in [1.82, 2.24) is 5.32 Å². The number of carbonyl (C=O) groups excluding carboxylic acids is 3. The Morgan fingerprint density at radius 1 is 1.11 bits per heavy atom. The van der Waals surface area contributed by atoms with E-state index in [0.29, 0.717) is 11.3 Å². The molecular weight excluding hydrogens is 379 g/mol. The number of rotatable bonds is 7. The van der Waals surface area contributed by atoms with Gasteiger partial charge >= 0.3 is 5.97 Å². The normalized spacial score (nSPS) is 10.0. The Kier molecular flexibility index (Phi) is 7.13. The van der Waals surface area contributed by atoms with Crippen LogP contribution in [0, 0.1) is 5.82 Å². The lowest BCUT2D eigenvalue weighted by Gasteiger charge is -2.08. The van der Waals surface area contributed by atoms with Crippen molar-refractivity contribution in [2.45, 2.75) is 0 Å². The number of nitrogens with one attached hydrogen (secondary N) is 2. The number of anilines is 1. The SMILES string of the molecule is COc1ccc(C(=O)NCC(=O)OCC(=O)Nc2ccc(F)c(Cl)c2)cc1. The fourth-order valence-electron chi connectivity index (χ4n) is 1.96. The van der Waals surface area contributed by atoms with E-state index in [1.165, 1.54) is 19.2 Å². The molecule has 27 heavy (non-hydrogen) atoms. The molecule has 9 heteroatoms. The van der Waals surface area contributed by atoms with Crippen LogP contribution in [0.25, 0.3) is 0 Å². The Bertz CT molecular complexity index is 842. The van der Waals surface area contributed by atoms with E-state index in [9.17, 15) is 18.8 Å². The van der Waals surface area contributed by atoms with Crippen molar-refractivity contribution in [3.63, 3.8) is 0 Å². The van der Waals surface area contributed by atoms with Crippen molar-refractivity contribution < 1.29 is 28.2 Å². The molecule has 7 nitrogen and oxygen atoms in total. The topological polar surface area (TPSA) is 93.7 Å². The molecular formula is C18H16ClFN2O5. The average molecular weight is 395 g/mol. The van der Waals surface area contributed by atoms with Crippen molar-refractivity contribution in [1.29, 1.82) is 0 Å². The lowest BCUT2D eigenvalue weighted by Crippen LogP contribution is -2.32. The van der Waals surface area contributed by atoms with E-state index >= 15 is 0 Å². The molecule has 0 radical (unpaired) electrons. The number of esters is 1. The molecule has 2 amide bonds. The number of hydrogen-bond acceptors (Lipinski definition) is 5. The summed E-state index contributed by atoms with van der Waals surface area (Å²) in [6.07, 6.45) is 0. The average Bonchev–Trinajstić information content (AvgIpc) is 2.67. The Hall–Kier alpha value is -3.13. The molecule has 0 aromatic heterocycles. The third-order valence-corrected chi connectivity index (χ3v) is 3.60. The number of carbonyl (C=O) groups is 3. The molecule has 0 fully saturated rings. The van der Waals surface area contributed by atoms with Crippen LogP contribution in [0.1, 0.15) is 10.4 Å². The van der Waals surface area contributed by atoms with Gasteiger partial charge in [-0.05, 0) is 42.5 Å². The van der Waals surface area contributed by atoms with Crippen LogP contribution in [0.4, 0.5) is 10.1 Å². The standard InChI is InChI=1S/C18H16ClFN2O5/c1-26-13-5-2-11(3-6-13)18(25)21-9-17(24)27-10-16(23)22-12-4-7-15(20)14(19)8-12/h2-8H,9-10H2,1H3,(H,21,25)(H,22,23). The molecule has 0 saturated carbocycles. The molecule has 0 aliphatic rings. The van der Waals surface area contributed by atoms with Gasteiger partial charge in [0.25, 0.3) is 11.8 Å². The minimum absolute atomic E-state index is 0.147. The van der Waals surface area contributed by atoms with Gasteiger partial charge in [-0.2, -0.15) is 0 Å². The highest BCUT2D eigenvalue weighted by Gasteiger charge is 2.11. The fraction of sp³-hybridized carbons (Fsp3) is 0.167. The van der Waals surface area contributed by atoms with Gasteiger partial charge in [0.1, 0.15) is 18.1 Å². The van der Waals surface area contributed by atoms with E-state index in [1.807, 2.05) is 0 Å². The van der Waals surface area contributed by atoms with Crippen molar-refractivity contribution in [3.8, 4) is 5.75 Å². The van der Waals surface area contributed by atoms with Crippen molar-refractivity contribution in [2.24, 2.45) is 0 Å². The molecule has 142 valence electrons. The summed E-state index contributed by atoms with van der Waals surface area (Å²) in [5.41, 5.74) is 0.602. The van der Waals surface area contributed by atoms with Crippen LogP contribution < -0.4 is 15.4 Å². The van der Waals surface area contributed by atoms with E-state index in [-0.39, 0.29) is 10.7 Å². The first-order valence-electron chi connectivity index (χ1n) is 7.72. The predicted octanol–water partition coefficient (Wildman–Crippen LogP) is 2.40. The highest BCUT2D eigenvalue weighted by Crippen LogP contribution is 2.19. The minimum atomic E-state index is -0.788. The zero-order valence-corrected chi connectivity index (χ0v) is 15.0. The number of amides is 2. The first-order chi connectivity index (χ1) is 12.9. The van der Waals surface area contributed by atoms with E-state index in [1.54, 1.807) is 24.3 Å². The van der Waals surface area contributed by atoms with E-state index < -0.39 is 36.8 Å². The summed E-state index contributed by atoms with van der Waals surface area (Å²) in [6.45, 7) is -0.966. The van der Waals surface area contributed by atoms with Crippen LogP contribution in [0.3, 0.4) is 0 Å². The maximum Gasteiger partial charge on any atom is 0.325 e. The molecule has 2 aromatic carbocycles. The van der Waals surface area contributed by atoms with E-state index in [0.717, 1.165) is 6.07 Å². The second-order valence-electron chi connectivity index (χ2n) is 5.25. The summed E-state index contributed by atoms with van der Waals surface area (Å²) in [5, 5.41) is 4.63. The molecule has 2 aromatic rings. The van der Waals surface area contributed by atoms with Gasteiger partial charge in [0.05, 0.1) is 12.1 Å².